The van der Waals surface area contributed by atoms with Gasteiger partial charge in [-0.15, -0.1) is 0 Å². The lowest BCUT2D eigenvalue weighted by Gasteiger charge is -2.43. The second kappa shape index (κ2) is 12.7. The van der Waals surface area contributed by atoms with Gasteiger partial charge in [0.2, 0.25) is 11.8 Å². The summed E-state index contributed by atoms with van der Waals surface area (Å²) in [6.07, 6.45) is 0.223. The number of carboxylic acid groups (broad SMARTS) is 1. The zero-order valence-electron chi connectivity index (χ0n) is 22.6. The number of carboxylic acids is 1. The third kappa shape index (κ3) is 6.43. The van der Waals surface area contributed by atoms with E-state index < -0.39 is 60.7 Å². The predicted molar refractivity (Wildman–Crippen MR) is 140 cm³/mol. The summed E-state index contributed by atoms with van der Waals surface area (Å²) in [5.74, 6) is -4.56. The van der Waals surface area contributed by atoms with Crippen LogP contribution in [0.3, 0.4) is 0 Å². The SMILES string of the molecule is CN[C@H]1CCC(=O)N2CCC[C@@H](C(=O)N[C@@H](CC(=O)O)C(=O)COC(=O)c3c(-c4ccccc4)noc3C)N2C1=O. The number of carbonyl (C=O) groups is 6. The summed E-state index contributed by atoms with van der Waals surface area (Å²) >= 11 is 0. The van der Waals surface area contributed by atoms with Gasteiger partial charge in [0.25, 0.3) is 5.91 Å². The number of amides is 3. The zero-order chi connectivity index (χ0) is 29.7. The molecule has 2 aliphatic heterocycles. The van der Waals surface area contributed by atoms with Crippen LogP contribution in [0.15, 0.2) is 34.9 Å². The van der Waals surface area contributed by atoms with Crippen LogP contribution in [0.1, 0.15) is 48.2 Å². The van der Waals surface area contributed by atoms with Gasteiger partial charge in [-0.05, 0) is 33.2 Å². The molecule has 41 heavy (non-hydrogen) atoms. The summed E-state index contributed by atoms with van der Waals surface area (Å²) in [6, 6.07) is 5.33. The number of nitrogens with one attached hydrogen (secondary N) is 2. The van der Waals surface area contributed by atoms with Crippen molar-refractivity contribution in [2.75, 3.05) is 20.2 Å². The molecule has 0 saturated carbocycles. The number of aromatic nitrogens is 1. The maximum Gasteiger partial charge on any atom is 0.344 e. The Morgan fingerprint density at radius 1 is 1.17 bits per heavy atom. The fourth-order valence-corrected chi connectivity index (χ4v) is 4.94. The van der Waals surface area contributed by atoms with Crippen molar-refractivity contribution in [2.24, 2.45) is 0 Å². The molecule has 14 nitrogen and oxygen atoms in total. The Kier molecular flexibility index (Phi) is 9.12. The summed E-state index contributed by atoms with van der Waals surface area (Å²) in [7, 11) is 1.58. The lowest BCUT2D eigenvalue weighted by atomic mass is 10.0. The molecular weight excluding hydrogens is 538 g/mol. The van der Waals surface area contributed by atoms with Crippen molar-refractivity contribution >= 4 is 35.4 Å². The van der Waals surface area contributed by atoms with Crippen molar-refractivity contribution < 1.29 is 43.1 Å². The quantitative estimate of drug-likeness (QED) is 0.337. The van der Waals surface area contributed by atoms with E-state index in [0.717, 1.165) is 5.01 Å². The van der Waals surface area contributed by atoms with Crippen LogP contribution >= 0.6 is 0 Å². The third-order valence-corrected chi connectivity index (χ3v) is 7.06. The number of rotatable bonds is 10. The van der Waals surface area contributed by atoms with Gasteiger partial charge >= 0.3 is 11.9 Å². The Hall–Kier alpha value is -4.59. The number of hydrogen-bond donors (Lipinski definition) is 3. The van der Waals surface area contributed by atoms with Gasteiger partial charge in [-0.1, -0.05) is 35.5 Å². The number of hydrogen-bond acceptors (Lipinski definition) is 10. The molecule has 0 bridgehead atoms. The minimum Gasteiger partial charge on any atom is -0.481 e. The second-order valence-electron chi connectivity index (χ2n) is 9.77. The van der Waals surface area contributed by atoms with Crippen LogP contribution in [-0.2, 0) is 28.7 Å². The van der Waals surface area contributed by atoms with Gasteiger partial charge in [0.05, 0.1) is 12.5 Å². The average Bonchev–Trinajstić information content (AvgIpc) is 3.30. The Morgan fingerprint density at radius 3 is 2.59 bits per heavy atom. The molecule has 3 heterocycles. The number of esters is 1. The summed E-state index contributed by atoms with van der Waals surface area (Å²) in [5.41, 5.74) is 0.810. The number of hydrazine groups is 1. The van der Waals surface area contributed by atoms with E-state index in [-0.39, 0.29) is 48.7 Å². The van der Waals surface area contributed by atoms with E-state index in [1.165, 1.54) is 11.9 Å². The van der Waals surface area contributed by atoms with E-state index in [1.807, 2.05) is 0 Å². The maximum absolute atomic E-state index is 13.3. The third-order valence-electron chi connectivity index (χ3n) is 7.06. The molecule has 3 N–H and O–H groups in total. The standard InChI is InChI=1S/C27H31N5O9/c1-15-23(24(30-41-15)16-7-4-3-5-8-16)27(39)40-14-20(33)18(13-22(35)36)29-25(37)19-9-6-12-31-21(34)11-10-17(28-2)26(38)32(19)31/h3-5,7-8,17-19,28H,6,9-14H2,1-2H3,(H,29,37)(H,35,36)/t17-,18-,19-/m0/s1. The Balaban J connectivity index is 1.47. The first kappa shape index (κ1) is 29.4. The highest BCUT2D eigenvalue weighted by molar-refractivity contribution is 6.00. The topological polar surface area (TPSA) is 188 Å². The molecule has 0 radical (unpaired) electrons. The normalized spacial score (nSPS) is 19.7. The summed E-state index contributed by atoms with van der Waals surface area (Å²) < 4.78 is 10.3. The maximum atomic E-state index is 13.3. The highest BCUT2D eigenvalue weighted by Crippen LogP contribution is 2.27. The summed E-state index contributed by atoms with van der Waals surface area (Å²) in [6.45, 7) is 0.924. The van der Waals surface area contributed by atoms with Crippen LogP contribution in [-0.4, -0.2) is 94.0 Å². The van der Waals surface area contributed by atoms with Gasteiger partial charge in [0.15, 0.2) is 12.4 Å². The van der Waals surface area contributed by atoms with Gasteiger partial charge < -0.3 is 25.0 Å². The van der Waals surface area contributed by atoms with Gasteiger partial charge in [-0.2, -0.15) is 0 Å². The van der Waals surface area contributed by atoms with E-state index in [0.29, 0.717) is 12.0 Å². The number of benzene rings is 1. The smallest absolute Gasteiger partial charge is 0.344 e. The molecule has 3 amide bonds. The van der Waals surface area contributed by atoms with Crippen LogP contribution < -0.4 is 10.6 Å². The molecule has 2 saturated heterocycles. The first-order chi connectivity index (χ1) is 19.6. The molecule has 2 aromatic rings. The van der Waals surface area contributed by atoms with Crippen molar-refractivity contribution in [3.05, 3.63) is 41.7 Å². The fourth-order valence-electron chi connectivity index (χ4n) is 4.94. The van der Waals surface area contributed by atoms with Crippen LogP contribution in [0.4, 0.5) is 0 Å². The second-order valence-corrected chi connectivity index (χ2v) is 9.77. The lowest BCUT2D eigenvalue weighted by Crippen LogP contribution is -2.64. The van der Waals surface area contributed by atoms with Crippen molar-refractivity contribution in [3.63, 3.8) is 0 Å². The minimum absolute atomic E-state index is 0.00791. The Bertz CT molecular complexity index is 1340. The van der Waals surface area contributed by atoms with Crippen LogP contribution in [0, 0.1) is 6.92 Å². The van der Waals surface area contributed by atoms with E-state index in [4.69, 9.17) is 9.26 Å². The number of nitrogens with zero attached hydrogens (tertiary/aromatic N) is 3. The van der Waals surface area contributed by atoms with Gasteiger partial charge in [0.1, 0.15) is 29.1 Å². The molecule has 2 aliphatic rings. The van der Waals surface area contributed by atoms with Crippen LogP contribution in [0.25, 0.3) is 11.3 Å². The molecule has 4 rings (SSSR count). The molecule has 1 aromatic heterocycles. The average molecular weight is 570 g/mol. The van der Waals surface area contributed by atoms with Gasteiger partial charge in [-0.25, -0.2) is 9.80 Å². The first-order valence-electron chi connectivity index (χ1n) is 13.2. The molecule has 0 spiro atoms. The van der Waals surface area contributed by atoms with Crippen LogP contribution in [0.2, 0.25) is 0 Å². The predicted octanol–water partition coefficient (Wildman–Crippen LogP) is 0.452. The number of aliphatic carboxylic acids is 1. The number of aryl methyl sites for hydroxylation is 1. The zero-order valence-corrected chi connectivity index (χ0v) is 22.6. The Morgan fingerprint density at radius 2 is 1.90 bits per heavy atom. The Labute approximate surface area is 234 Å². The number of fused-ring (bicyclic) bond motifs is 1. The molecular formula is C27H31N5O9. The monoisotopic (exact) mass is 569 g/mol. The van der Waals surface area contributed by atoms with Crippen molar-refractivity contribution in [3.8, 4) is 11.3 Å². The molecule has 0 aliphatic carbocycles. The van der Waals surface area contributed by atoms with Gasteiger partial charge in [0, 0.05) is 18.5 Å². The molecule has 218 valence electrons. The highest BCUT2D eigenvalue weighted by Gasteiger charge is 2.44. The van der Waals surface area contributed by atoms with E-state index >= 15 is 0 Å². The van der Waals surface area contributed by atoms with Gasteiger partial charge in [-0.3, -0.25) is 29.0 Å². The van der Waals surface area contributed by atoms with E-state index in [1.54, 1.807) is 37.4 Å². The number of ether oxygens (including phenoxy) is 1. The number of carbonyl (C=O) groups excluding carboxylic acids is 5. The molecule has 0 unspecified atom stereocenters. The fraction of sp³-hybridized carbons (Fsp3) is 0.444. The molecule has 3 atom stereocenters. The van der Waals surface area contributed by atoms with Crippen molar-refractivity contribution in [2.45, 2.75) is 57.2 Å². The first-order valence-corrected chi connectivity index (χ1v) is 13.2. The van der Waals surface area contributed by atoms with Crippen LogP contribution in [0.5, 0.6) is 0 Å². The number of Topliss-reactive ketones (excluding diaryl/α,β-unsaturated/α-hetero) is 1. The number of likely N-dealkylation sites (N-methyl/N-ethyl adjacent to an activating group) is 1. The van der Waals surface area contributed by atoms with E-state index in [9.17, 15) is 33.9 Å². The lowest BCUT2D eigenvalue weighted by molar-refractivity contribution is -0.176. The van der Waals surface area contributed by atoms with Crippen molar-refractivity contribution in [1.29, 1.82) is 0 Å². The molecule has 1 aromatic carbocycles. The largest absolute Gasteiger partial charge is 0.481 e. The highest BCUT2D eigenvalue weighted by atomic mass is 16.5. The summed E-state index contributed by atoms with van der Waals surface area (Å²) in [4.78, 5) is 76.6. The van der Waals surface area contributed by atoms with E-state index in [2.05, 4.69) is 15.8 Å². The number of ketones is 1. The molecule has 2 fully saturated rings. The van der Waals surface area contributed by atoms with Crippen molar-refractivity contribution in [1.82, 2.24) is 25.8 Å². The summed E-state index contributed by atoms with van der Waals surface area (Å²) in [5, 5.41) is 20.9. The minimum atomic E-state index is -1.56. The molecule has 14 heteroatoms.